The number of hydrogen-bond donors (Lipinski definition) is 2. The van der Waals surface area contributed by atoms with Gasteiger partial charge in [-0.2, -0.15) is 0 Å². The molecule has 0 spiro atoms. The van der Waals surface area contributed by atoms with Gasteiger partial charge in [0.2, 0.25) is 0 Å². The van der Waals surface area contributed by atoms with Gasteiger partial charge in [-0.15, -0.1) is 0 Å². The van der Waals surface area contributed by atoms with E-state index in [1.54, 1.807) is 0 Å². The van der Waals surface area contributed by atoms with Crippen LogP contribution < -0.4 is 10.5 Å². The Morgan fingerprint density at radius 2 is 2.32 bits per heavy atom. The molecule has 0 aromatic heterocycles. The Balaban J connectivity index is 1.83. The highest BCUT2D eigenvalue weighted by atomic mass is 16.7. The van der Waals surface area contributed by atoms with E-state index >= 15 is 0 Å². The lowest BCUT2D eigenvalue weighted by Crippen LogP contribution is -2.29. The summed E-state index contributed by atoms with van der Waals surface area (Å²) < 4.78 is 10.9. The summed E-state index contributed by atoms with van der Waals surface area (Å²) in [6.45, 7) is 5.06. The van der Waals surface area contributed by atoms with Crippen molar-refractivity contribution in [3.05, 3.63) is 23.3 Å². The third-order valence-corrected chi connectivity index (χ3v) is 3.73. The molecule has 0 aliphatic carbocycles. The summed E-state index contributed by atoms with van der Waals surface area (Å²) in [6, 6.07) is 3.86. The predicted octanol–water partition coefficient (Wildman–Crippen LogP) is 1.09. The van der Waals surface area contributed by atoms with Gasteiger partial charge in [-0.05, 0) is 25.5 Å². The van der Waals surface area contributed by atoms with E-state index in [-0.39, 0.29) is 0 Å². The summed E-state index contributed by atoms with van der Waals surface area (Å²) in [6.07, 6.45) is 0.807. The summed E-state index contributed by atoms with van der Waals surface area (Å²) in [5.41, 5.74) is 8.17. The predicted molar refractivity (Wildman–Crippen MR) is 71.7 cm³/mol. The molecule has 104 valence electrons. The van der Waals surface area contributed by atoms with Crippen molar-refractivity contribution in [3.63, 3.8) is 0 Å². The molecule has 1 unspecified atom stereocenters. The number of nitrogens with zero attached hydrogens (tertiary/aromatic N) is 1. The fourth-order valence-corrected chi connectivity index (χ4v) is 2.86. The van der Waals surface area contributed by atoms with E-state index in [9.17, 15) is 5.11 Å². The second-order valence-corrected chi connectivity index (χ2v) is 5.74. The van der Waals surface area contributed by atoms with Gasteiger partial charge >= 0.3 is 0 Å². The minimum absolute atomic E-state index is 0.293. The van der Waals surface area contributed by atoms with Crippen LogP contribution in [0.25, 0.3) is 0 Å². The van der Waals surface area contributed by atoms with Gasteiger partial charge in [-0.3, -0.25) is 4.90 Å². The highest BCUT2D eigenvalue weighted by Gasteiger charge is 2.31. The summed E-state index contributed by atoms with van der Waals surface area (Å²) in [5.74, 6) is 0.895. The van der Waals surface area contributed by atoms with E-state index in [1.807, 2.05) is 19.1 Å². The first kappa shape index (κ1) is 12.7. The molecule has 5 heteroatoms. The van der Waals surface area contributed by atoms with Gasteiger partial charge in [-0.25, -0.2) is 0 Å². The molecule has 1 aromatic rings. The largest absolute Gasteiger partial charge is 0.467 e. The SMILES string of the molecule is CC1(O)CCN(Cc2cc(N)cc3c2OCOC3)C1. The molecule has 3 rings (SSSR count). The summed E-state index contributed by atoms with van der Waals surface area (Å²) in [4.78, 5) is 2.23. The standard InChI is InChI=1S/C14H20N2O3/c1-14(17)2-3-16(8-14)6-10-4-12(15)5-11-7-18-9-19-13(10)11/h4-5,17H,2-3,6-9,15H2,1H3. The van der Waals surface area contributed by atoms with Crippen LogP contribution in [0.4, 0.5) is 5.69 Å². The van der Waals surface area contributed by atoms with Crippen LogP contribution in [-0.4, -0.2) is 35.5 Å². The molecule has 1 aromatic carbocycles. The number of likely N-dealkylation sites (tertiary alicyclic amines) is 1. The fourth-order valence-electron chi connectivity index (χ4n) is 2.86. The molecule has 1 fully saturated rings. The van der Waals surface area contributed by atoms with E-state index in [0.717, 1.165) is 42.1 Å². The van der Waals surface area contributed by atoms with Crippen LogP contribution >= 0.6 is 0 Å². The molecule has 5 nitrogen and oxygen atoms in total. The number of fused-ring (bicyclic) bond motifs is 1. The molecule has 0 saturated carbocycles. The van der Waals surface area contributed by atoms with Crippen molar-refractivity contribution in [2.45, 2.75) is 32.1 Å². The zero-order valence-electron chi connectivity index (χ0n) is 11.2. The normalized spacial score (nSPS) is 27.1. The quantitative estimate of drug-likeness (QED) is 0.783. The highest BCUT2D eigenvalue weighted by Crippen LogP contribution is 2.33. The molecule has 1 saturated heterocycles. The van der Waals surface area contributed by atoms with Crippen LogP contribution in [0.3, 0.4) is 0 Å². The molecule has 0 radical (unpaired) electrons. The zero-order chi connectivity index (χ0) is 13.5. The smallest absolute Gasteiger partial charge is 0.189 e. The number of nitrogens with two attached hydrogens (primary N) is 1. The first-order chi connectivity index (χ1) is 9.03. The van der Waals surface area contributed by atoms with Crippen molar-refractivity contribution in [1.29, 1.82) is 0 Å². The Kier molecular flexibility index (Phi) is 3.12. The van der Waals surface area contributed by atoms with Gasteiger partial charge in [0.05, 0.1) is 12.2 Å². The maximum Gasteiger partial charge on any atom is 0.189 e. The van der Waals surface area contributed by atoms with Gasteiger partial charge in [-0.1, -0.05) is 0 Å². The van der Waals surface area contributed by atoms with Crippen molar-refractivity contribution in [3.8, 4) is 5.75 Å². The third kappa shape index (κ3) is 2.68. The number of nitrogen functional groups attached to an aromatic ring is 1. The van der Waals surface area contributed by atoms with Gasteiger partial charge in [0.25, 0.3) is 0 Å². The summed E-state index contributed by atoms with van der Waals surface area (Å²) in [5, 5.41) is 10.0. The molecule has 3 N–H and O–H groups in total. The van der Waals surface area contributed by atoms with Crippen LogP contribution in [-0.2, 0) is 17.9 Å². The van der Waals surface area contributed by atoms with Crippen molar-refractivity contribution < 1.29 is 14.6 Å². The second-order valence-electron chi connectivity index (χ2n) is 5.74. The molecular formula is C14H20N2O3. The lowest BCUT2D eigenvalue weighted by atomic mass is 10.1. The monoisotopic (exact) mass is 264 g/mol. The van der Waals surface area contributed by atoms with Crippen molar-refractivity contribution >= 4 is 5.69 Å². The fraction of sp³-hybridized carbons (Fsp3) is 0.571. The number of anilines is 1. The Labute approximate surface area is 112 Å². The minimum Gasteiger partial charge on any atom is -0.467 e. The molecule has 19 heavy (non-hydrogen) atoms. The highest BCUT2D eigenvalue weighted by molar-refractivity contribution is 5.53. The number of benzene rings is 1. The number of β-amino-alcohol motifs (C(OH)–C–C–N with tert-alkyl or cyclic N) is 1. The molecular weight excluding hydrogens is 244 g/mol. The Morgan fingerprint density at radius 1 is 1.47 bits per heavy atom. The zero-order valence-corrected chi connectivity index (χ0v) is 11.2. The molecule has 0 bridgehead atoms. The van der Waals surface area contributed by atoms with Crippen molar-refractivity contribution in [1.82, 2.24) is 4.90 Å². The third-order valence-electron chi connectivity index (χ3n) is 3.73. The van der Waals surface area contributed by atoms with E-state index in [2.05, 4.69) is 4.90 Å². The van der Waals surface area contributed by atoms with Gasteiger partial charge in [0, 0.05) is 36.4 Å². The number of rotatable bonds is 2. The first-order valence-corrected chi connectivity index (χ1v) is 6.60. The Bertz CT molecular complexity index is 488. The molecule has 2 aliphatic rings. The number of ether oxygens (including phenoxy) is 2. The average molecular weight is 264 g/mol. The molecule has 1 atom stereocenters. The first-order valence-electron chi connectivity index (χ1n) is 6.60. The Hall–Kier alpha value is -1.30. The Morgan fingerprint density at radius 3 is 3.05 bits per heavy atom. The lowest BCUT2D eigenvalue weighted by Gasteiger charge is -2.24. The average Bonchev–Trinajstić information content (AvgIpc) is 2.68. The maximum atomic E-state index is 10.0. The van der Waals surface area contributed by atoms with Gasteiger partial charge in [0.15, 0.2) is 6.79 Å². The van der Waals surface area contributed by atoms with Crippen molar-refractivity contribution in [2.75, 3.05) is 25.6 Å². The summed E-state index contributed by atoms with van der Waals surface area (Å²) in [7, 11) is 0. The maximum absolute atomic E-state index is 10.0. The molecule has 0 amide bonds. The summed E-state index contributed by atoms with van der Waals surface area (Å²) >= 11 is 0. The van der Waals surface area contributed by atoms with Crippen LogP contribution in [0.1, 0.15) is 24.5 Å². The van der Waals surface area contributed by atoms with Crippen LogP contribution in [0, 0.1) is 0 Å². The van der Waals surface area contributed by atoms with Gasteiger partial charge < -0.3 is 20.3 Å². The lowest BCUT2D eigenvalue weighted by molar-refractivity contribution is -0.0174. The number of hydrogen-bond acceptors (Lipinski definition) is 5. The van der Waals surface area contributed by atoms with E-state index < -0.39 is 5.60 Å². The molecule has 2 heterocycles. The van der Waals surface area contributed by atoms with Crippen LogP contribution in [0.15, 0.2) is 12.1 Å². The van der Waals surface area contributed by atoms with E-state index in [1.165, 1.54) is 0 Å². The van der Waals surface area contributed by atoms with Crippen LogP contribution in [0.2, 0.25) is 0 Å². The van der Waals surface area contributed by atoms with Crippen LogP contribution in [0.5, 0.6) is 5.75 Å². The minimum atomic E-state index is -0.579. The number of aliphatic hydroxyl groups is 1. The van der Waals surface area contributed by atoms with Crippen molar-refractivity contribution in [2.24, 2.45) is 0 Å². The topological polar surface area (TPSA) is 68.0 Å². The molecule has 2 aliphatic heterocycles. The van der Waals surface area contributed by atoms with Gasteiger partial charge in [0.1, 0.15) is 5.75 Å². The van der Waals surface area contributed by atoms with E-state index in [4.69, 9.17) is 15.2 Å². The second kappa shape index (κ2) is 4.67. The van der Waals surface area contributed by atoms with E-state index in [0.29, 0.717) is 19.9 Å².